The third-order valence-electron chi connectivity index (χ3n) is 4.64. The van der Waals surface area contributed by atoms with Crippen LogP contribution in [-0.4, -0.2) is 28.3 Å². The smallest absolute Gasteiger partial charge is 0.273 e. The fourth-order valence-corrected chi connectivity index (χ4v) is 3.07. The quantitative estimate of drug-likeness (QED) is 0.462. The van der Waals surface area contributed by atoms with Crippen molar-refractivity contribution in [3.8, 4) is 17.0 Å². The van der Waals surface area contributed by atoms with Crippen LogP contribution in [0.2, 0.25) is 0 Å². The van der Waals surface area contributed by atoms with E-state index >= 15 is 0 Å². The summed E-state index contributed by atoms with van der Waals surface area (Å²) in [7, 11) is 1.96. The largest absolute Gasteiger partial charge is 0.508 e. The van der Waals surface area contributed by atoms with Crippen molar-refractivity contribution in [3.63, 3.8) is 0 Å². The van der Waals surface area contributed by atoms with Gasteiger partial charge in [0.25, 0.3) is 5.91 Å². The van der Waals surface area contributed by atoms with Crippen molar-refractivity contribution in [2.75, 3.05) is 17.3 Å². The molecule has 0 fully saturated rings. The van der Waals surface area contributed by atoms with Gasteiger partial charge in [-0.2, -0.15) is 5.10 Å². The number of aromatic hydroxyl groups is 1. The van der Waals surface area contributed by atoms with Gasteiger partial charge in [-0.15, -0.1) is 0 Å². The molecule has 0 aliphatic carbocycles. The summed E-state index contributed by atoms with van der Waals surface area (Å²) in [5.74, 6) is -0.0992. The molecule has 144 valence electrons. The Labute approximate surface area is 168 Å². The van der Waals surface area contributed by atoms with Gasteiger partial charge < -0.3 is 15.3 Å². The summed E-state index contributed by atoms with van der Waals surface area (Å²) in [6.45, 7) is 0. The maximum absolute atomic E-state index is 12.8. The Kier molecular flexibility index (Phi) is 4.99. The molecule has 0 aliphatic heterocycles. The highest BCUT2D eigenvalue weighted by Gasteiger charge is 2.15. The number of hydrogen-bond donors (Lipinski definition) is 3. The number of H-pyrrole nitrogens is 1. The number of aromatic nitrogens is 2. The summed E-state index contributed by atoms with van der Waals surface area (Å²) in [6, 6.07) is 25.9. The summed E-state index contributed by atoms with van der Waals surface area (Å²) in [5.41, 5.74) is 4.39. The highest BCUT2D eigenvalue weighted by atomic mass is 16.3. The molecule has 1 amide bonds. The molecular formula is C23H20N4O2. The van der Waals surface area contributed by atoms with Crippen LogP contribution in [-0.2, 0) is 0 Å². The third kappa shape index (κ3) is 3.96. The van der Waals surface area contributed by atoms with E-state index in [9.17, 15) is 9.90 Å². The summed E-state index contributed by atoms with van der Waals surface area (Å²) in [6.07, 6.45) is 0. The highest BCUT2D eigenvalue weighted by molar-refractivity contribution is 6.05. The Balaban J connectivity index is 1.56. The van der Waals surface area contributed by atoms with Crippen LogP contribution in [0.1, 0.15) is 10.5 Å². The first kappa shape index (κ1) is 18.3. The number of para-hydroxylation sites is 3. The maximum Gasteiger partial charge on any atom is 0.273 e. The van der Waals surface area contributed by atoms with E-state index in [1.54, 1.807) is 30.3 Å². The number of phenolic OH excluding ortho intramolecular Hbond substituents is 1. The van der Waals surface area contributed by atoms with E-state index in [4.69, 9.17) is 0 Å². The van der Waals surface area contributed by atoms with Gasteiger partial charge in [-0.3, -0.25) is 9.89 Å². The van der Waals surface area contributed by atoms with E-state index in [0.29, 0.717) is 17.1 Å². The van der Waals surface area contributed by atoms with Crippen molar-refractivity contribution in [2.45, 2.75) is 0 Å². The number of phenols is 1. The first-order chi connectivity index (χ1) is 14.1. The SMILES string of the molecule is CN(c1ccccc1)c1ccccc1NC(=O)c1cc(-c2ccc(O)cc2)n[nH]1. The number of nitrogens with zero attached hydrogens (tertiary/aromatic N) is 2. The van der Waals surface area contributed by atoms with Crippen molar-refractivity contribution in [3.05, 3.63) is 90.6 Å². The second-order valence-corrected chi connectivity index (χ2v) is 6.58. The molecule has 1 aromatic heterocycles. The van der Waals surface area contributed by atoms with Crippen LogP contribution in [0.3, 0.4) is 0 Å². The lowest BCUT2D eigenvalue weighted by atomic mass is 10.1. The molecule has 0 radical (unpaired) electrons. The number of anilines is 3. The van der Waals surface area contributed by atoms with Gasteiger partial charge in [0, 0.05) is 18.3 Å². The number of hydrogen-bond acceptors (Lipinski definition) is 4. The number of nitrogens with one attached hydrogen (secondary N) is 2. The minimum atomic E-state index is -0.281. The summed E-state index contributed by atoms with van der Waals surface area (Å²) >= 11 is 0. The molecule has 1 heterocycles. The molecule has 0 bridgehead atoms. The second kappa shape index (κ2) is 7.90. The Morgan fingerprint density at radius 2 is 1.66 bits per heavy atom. The number of rotatable bonds is 5. The van der Waals surface area contributed by atoms with Gasteiger partial charge >= 0.3 is 0 Å². The molecule has 0 atom stereocenters. The van der Waals surface area contributed by atoms with Gasteiger partial charge in [0.05, 0.1) is 17.1 Å². The van der Waals surface area contributed by atoms with E-state index in [2.05, 4.69) is 15.5 Å². The average Bonchev–Trinajstić information content (AvgIpc) is 3.25. The minimum absolute atomic E-state index is 0.182. The monoisotopic (exact) mass is 384 g/mol. The third-order valence-corrected chi connectivity index (χ3v) is 4.64. The number of carbonyl (C=O) groups excluding carboxylic acids is 1. The molecule has 0 saturated heterocycles. The van der Waals surface area contributed by atoms with Crippen LogP contribution in [0.5, 0.6) is 5.75 Å². The average molecular weight is 384 g/mol. The molecule has 6 heteroatoms. The number of carbonyl (C=O) groups is 1. The van der Waals surface area contributed by atoms with E-state index in [0.717, 1.165) is 16.9 Å². The van der Waals surface area contributed by atoms with Gasteiger partial charge in [-0.25, -0.2) is 0 Å². The lowest BCUT2D eigenvalue weighted by Gasteiger charge is -2.22. The van der Waals surface area contributed by atoms with Crippen LogP contribution >= 0.6 is 0 Å². The topological polar surface area (TPSA) is 81.2 Å². The number of benzene rings is 3. The van der Waals surface area contributed by atoms with Crippen LogP contribution in [0.4, 0.5) is 17.1 Å². The van der Waals surface area contributed by atoms with Gasteiger partial charge in [0.2, 0.25) is 0 Å². The van der Waals surface area contributed by atoms with E-state index in [-0.39, 0.29) is 11.7 Å². The van der Waals surface area contributed by atoms with Crippen molar-refractivity contribution in [1.29, 1.82) is 0 Å². The molecule has 3 N–H and O–H groups in total. The lowest BCUT2D eigenvalue weighted by Crippen LogP contribution is -2.17. The molecule has 6 nitrogen and oxygen atoms in total. The zero-order chi connectivity index (χ0) is 20.2. The number of amides is 1. The fourth-order valence-electron chi connectivity index (χ4n) is 3.07. The second-order valence-electron chi connectivity index (χ2n) is 6.58. The van der Waals surface area contributed by atoms with Crippen LogP contribution in [0, 0.1) is 0 Å². The Morgan fingerprint density at radius 1 is 0.966 bits per heavy atom. The fraction of sp³-hybridized carbons (Fsp3) is 0.0435. The molecule has 0 spiro atoms. The predicted octanol–water partition coefficient (Wildman–Crippen LogP) is 4.80. The Hall–Kier alpha value is -4.06. The molecule has 0 unspecified atom stereocenters. The Morgan fingerprint density at radius 3 is 2.41 bits per heavy atom. The van der Waals surface area contributed by atoms with Gasteiger partial charge in [0.15, 0.2) is 0 Å². The summed E-state index contributed by atoms with van der Waals surface area (Å²) in [4.78, 5) is 14.8. The van der Waals surface area contributed by atoms with E-state index in [1.807, 2.05) is 66.5 Å². The zero-order valence-electron chi connectivity index (χ0n) is 15.8. The molecular weight excluding hydrogens is 364 g/mol. The summed E-state index contributed by atoms with van der Waals surface area (Å²) < 4.78 is 0. The van der Waals surface area contributed by atoms with Crippen LogP contribution < -0.4 is 10.2 Å². The first-order valence-electron chi connectivity index (χ1n) is 9.16. The van der Waals surface area contributed by atoms with Gasteiger partial charge in [0.1, 0.15) is 11.4 Å². The zero-order valence-corrected chi connectivity index (χ0v) is 15.8. The maximum atomic E-state index is 12.8. The molecule has 4 aromatic rings. The summed E-state index contributed by atoms with van der Waals surface area (Å²) in [5, 5.41) is 19.4. The minimum Gasteiger partial charge on any atom is -0.508 e. The van der Waals surface area contributed by atoms with Crippen molar-refractivity contribution in [1.82, 2.24) is 10.2 Å². The van der Waals surface area contributed by atoms with Crippen molar-refractivity contribution < 1.29 is 9.90 Å². The van der Waals surface area contributed by atoms with E-state index in [1.165, 1.54) is 0 Å². The number of aromatic amines is 1. The highest BCUT2D eigenvalue weighted by Crippen LogP contribution is 2.31. The van der Waals surface area contributed by atoms with Gasteiger partial charge in [-0.05, 0) is 54.6 Å². The van der Waals surface area contributed by atoms with Crippen molar-refractivity contribution in [2.24, 2.45) is 0 Å². The molecule has 0 saturated carbocycles. The predicted molar refractivity (Wildman–Crippen MR) is 115 cm³/mol. The molecule has 3 aromatic carbocycles. The lowest BCUT2D eigenvalue weighted by molar-refractivity contribution is 0.102. The van der Waals surface area contributed by atoms with Crippen molar-refractivity contribution >= 4 is 23.0 Å². The normalized spacial score (nSPS) is 10.5. The van der Waals surface area contributed by atoms with Crippen LogP contribution in [0.15, 0.2) is 84.9 Å². The molecule has 0 aliphatic rings. The van der Waals surface area contributed by atoms with Crippen LogP contribution in [0.25, 0.3) is 11.3 Å². The Bertz CT molecular complexity index is 1120. The standard InChI is InChI=1S/C23H20N4O2/c1-27(17-7-3-2-4-8-17)22-10-6-5-9-19(22)24-23(29)21-15-20(25-26-21)16-11-13-18(28)14-12-16/h2-15,28H,1H3,(H,24,29)(H,25,26). The molecule has 4 rings (SSSR count). The van der Waals surface area contributed by atoms with Gasteiger partial charge in [-0.1, -0.05) is 30.3 Å². The molecule has 29 heavy (non-hydrogen) atoms. The first-order valence-corrected chi connectivity index (χ1v) is 9.16. The van der Waals surface area contributed by atoms with E-state index < -0.39 is 0 Å².